The molecule has 2 N–H and O–H groups in total. The highest BCUT2D eigenvalue weighted by Gasteiger charge is 2.10. The average molecular weight is 418 g/mol. The third kappa shape index (κ3) is 3.83. The third-order valence-electron chi connectivity index (χ3n) is 3.45. The molecule has 1 heterocycles. The zero-order valence-corrected chi connectivity index (χ0v) is 15.8. The number of aromatic nitrogens is 1. The van der Waals surface area contributed by atoms with E-state index in [9.17, 15) is 10.2 Å². The van der Waals surface area contributed by atoms with Crippen molar-refractivity contribution in [1.29, 1.82) is 0 Å². The summed E-state index contributed by atoms with van der Waals surface area (Å²) in [6.45, 7) is 2.62. The summed E-state index contributed by atoms with van der Waals surface area (Å²) in [6, 6.07) is 12.3. The van der Waals surface area contributed by atoms with Gasteiger partial charge in [-0.2, -0.15) is 5.10 Å². The molecular weight excluding hydrogens is 402 g/mol. The maximum absolute atomic E-state index is 9.93. The Labute approximate surface area is 157 Å². The number of thiazole rings is 1. The van der Waals surface area contributed by atoms with E-state index in [0.29, 0.717) is 12.1 Å². The molecule has 0 atom stereocenters. The first-order valence-electron chi connectivity index (χ1n) is 7.62. The van der Waals surface area contributed by atoms with Crippen LogP contribution in [0.1, 0.15) is 12.5 Å². The lowest BCUT2D eigenvalue weighted by molar-refractivity contribution is 0.450. The van der Waals surface area contributed by atoms with Crippen LogP contribution in [0.25, 0.3) is 11.3 Å². The quantitative estimate of drug-likeness (QED) is 0.624. The fraction of sp³-hybridized carbons (Fsp3) is 0.111. The Morgan fingerprint density at radius 3 is 2.72 bits per heavy atom. The molecule has 0 bridgehead atoms. The number of benzene rings is 2. The highest BCUT2D eigenvalue weighted by Crippen LogP contribution is 2.28. The van der Waals surface area contributed by atoms with Gasteiger partial charge in [0.15, 0.2) is 0 Å². The van der Waals surface area contributed by atoms with Gasteiger partial charge >= 0.3 is 0 Å². The first-order chi connectivity index (χ1) is 12.1. The van der Waals surface area contributed by atoms with E-state index in [4.69, 9.17) is 0 Å². The lowest BCUT2D eigenvalue weighted by Gasteiger charge is -2.06. The number of hydrogen-bond donors (Lipinski definition) is 2. The van der Waals surface area contributed by atoms with Gasteiger partial charge in [0.25, 0.3) is 0 Å². The second-order valence-corrected chi connectivity index (χ2v) is 6.85. The average Bonchev–Trinajstić information content (AvgIpc) is 2.97. The third-order valence-corrected chi connectivity index (χ3v) is 5.00. The summed E-state index contributed by atoms with van der Waals surface area (Å²) in [4.78, 5) is 5.25. The van der Waals surface area contributed by atoms with Crippen molar-refractivity contribution in [1.82, 2.24) is 4.68 Å². The molecule has 0 aliphatic rings. The van der Waals surface area contributed by atoms with Gasteiger partial charge in [-0.05, 0) is 25.1 Å². The maximum Gasteiger partial charge on any atom is 0.206 e. The SMILES string of the molecule is CCN=c1scc(-c2ccccc2Br)n1N=Cc1ccc(O)cc1O. The van der Waals surface area contributed by atoms with Crippen molar-refractivity contribution in [3.63, 3.8) is 0 Å². The van der Waals surface area contributed by atoms with Crippen LogP contribution in [0.5, 0.6) is 11.5 Å². The van der Waals surface area contributed by atoms with Gasteiger partial charge in [-0.15, -0.1) is 11.3 Å². The van der Waals surface area contributed by atoms with Crippen LogP contribution in [-0.2, 0) is 0 Å². The Balaban J connectivity index is 2.11. The summed E-state index contributed by atoms with van der Waals surface area (Å²) < 4.78 is 2.72. The molecule has 0 saturated heterocycles. The molecule has 0 fully saturated rings. The summed E-state index contributed by atoms with van der Waals surface area (Å²) in [7, 11) is 0. The van der Waals surface area contributed by atoms with Crippen molar-refractivity contribution < 1.29 is 10.2 Å². The minimum Gasteiger partial charge on any atom is -0.508 e. The van der Waals surface area contributed by atoms with Crippen LogP contribution < -0.4 is 4.80 Å². The van der Waals surface area contributed by atoms with E-state index in [2.05, 4.69) is 26.0 Å². The Hall–Kier alpha value is -2.38. The zero-order valence-electron chi connectivity index (χ0n) is 13.4. The topological polar surface area (TPSA) is 70.1 Å². The fourth-order valence-electron chi connectivity index (χ4n) is 2.27. The number of hydrogen-bond acceptors (Lipinski definition) is 5. The maximum atomic E-state index is 9.93. The van der Waals surface area contributed by atoms with Gasteiger partial charge in [-0.1, -0.05) is 34.1 Å². The van der Waals surface area contributed by atoms with E-state index < -0.39 is 0 Å². The number of phenols is 2. The predicted octanol–water partition coefficient (Wildman–Crippen LogP) is 4.19. The highest BCUT2D eigenvalue weighted by molar-refractivity contribution is 9.10. The van der Waals surface area contributed by atoms with Crippen LogP contribution in [0.15, 0.2) is 62.4 Å². The number of nitrogens with zero attached hydrogens (tertiary/aromatic N) is 3. The van der Waals surface area contributed by atoms with Gasteiger partial charge in [0.2, 0.25) is 4.80 Å². The molecule has 5 nitrogen and oxygen atoms in total. The van der Waals surface area contributed by atoms with E-state index in [0.717, 1.165) is 20.5 Å². The molecule has 0 radical (unpaired) electrons. The van der Waals surface area contributed by atoms with E-state index in [1.54, 1.807) is 17.0 Å². The number of halogens is 1. The molecule has 0 aliphatic heterocycles. The molecule has 0 amide bonds. The molecule has 2 aromatic carbocycles. The molecule has 7 heteroatoms. The van der Waals surface area contributed by atoms with Crippen LogP contribution >= 0.6 is 27.3 Å². The summed E-state index contributed by atoms with van der Waals surface area (Å²) in [5.74, 6) is -0.0237. The summed E-state index contributed by atoms with van der Waals surface area (Å²) in [5.41, 5.74) is 2.42. The standard InChI is InChI=1S/C18H16BrN3O2S/c1-2-20-18-22(21-10-12-7-8-13(23)9-17(12)24)16(11-25-18)14-5-3-4-6-15(14)19/h3-11,23-24H,2H2,1H3. The number of phenolic OH excluding ortho intramolecular Hbond substituents is 2. The second-order valence-electron chi connectivity index (χ2n) is 5.16. The fourth-order valence-corrected chi connectivity index (χ4v) is 3.65. The molecule has 3 aromatic rings. The second kappa shape index (κ2) is 7.67. The molecule has 128 valence electrons. The van der Waals surface area contributed by atoms with E-state index in [1.807, 2.05) is 36.6 Å². The van der Waals surface area contributed by atoms with Gasteiger partial charge in [0.05, 0.1) is 11.9 Å². The molecule has 1 aromatic heterocycles. The Kier molecular flexibility index (Phi) is 5.35. The van der Waals surface area contributed by atoms with Crippen LogP contribution in [0, 0.1) is 0 Å². The molecule has 0 saturated carbocycles. The van der Waals surface area contributed by atoms with Gasteiger partial charge in [-0.3, -0.25) is 4.99 Å². The Morgan fingerprint density at radius 2 is 2.00 bits per heavy atom. The predicted molar refractivity (Wildman–Crippen MR) is 104 cm³/mol. The minimum atomic E-state index is -0.0315. The van der Waals surface area contributed by atoms with E-state index in [1.165, 1.54) is 23.5 Å². The normalized spacial score (nSPS) is 12.2. The highest BCUT2D eigenvalue weighted by atomic mass is 79.9. The zero-order chi connectivity index (χ0) is 17.8. The molecule has 0 unspecified atom stereocenters. The first-order valence-corrected chi connectivity index (χ1v) is 9.29. The van der Waals surface area contributed by atoms with Crippen molar-refractivity contribution in [2.75, 3.05) is 6.54 Å². The molecule has 25 heavy (non-hydrogen) atoms. The smallest absolute Gasteiger partial charge is 0.206 e. The summed E-state index contributed by atoms with van der Waals surface area (Å²) in [5, 5.41) is 25.8. The summed E-state index contributed by atoms with van der Waals surface area (Å²) >= 11 is 5.08. The van der Waals surface area contributed by atoms with Gasteiger partial charge < -0.3 is 10.2 Å². The van der Waals surface area contributed by atoms with Crippen LogP contribution in [0.3, 0.4) is 0 Å². The molecule has 0 aliphatic carbocycles. The van der Waals surface area contributed by atoms with Crippen molar-refractivity contribution in [2.45, 2.75) is 6.92 Å². The monoisotopic (exact) mass is 417 g/mol. The van der Waals surface area contributed by atoms with Crippen molar-refractivity contribution in [3.8, 4) is 22.8 Å². The Bertz CT molecular complexity index is 992. The molecular formula is C18H16BrN3O2S. The number of aromatic hydroxyl groups is 2. The number of rotatable bonds is 4. The van der Waals surface area contributed by atoms with Gasteiger partial charge in [0.1, 0.15) is 11.5 Å². The Morgan fingerprint density at radius 1 is 1.20 bits per heavy atom. The molecule has 0 spiro atoms. The van der Waals surface area contributed by atoms with E-state index in [-0.39, 0.29) is 11.5 Å². The van der Waals surface area contributed by atoms with Crippen LogP contribution in [-0.4, -0.2) is 27.6 Å². The van der Waals surface area contributed by atoms with Crippen LogP contribution in [0.4, 0.5) is 0 Å². The van der Waals surface area contributed by atoms with Gasteiger partial charge in [0, 0.05) is 33.6 Å². The van der Waals surface area contributed by atoms with Crippen molar-refractivity contribution in [2.24, 2.45) is 10.1 Å². The summed E-state index contributed by atoms with van der Waals surface area (Å²) in [6.07, 6.45) is 1.55. The first kappa shape index (κ1) is 17.4. The van der Waals surface area contributed by atoms with Crippen molar-refractivity contribution in [3.05, 3.63) is 62.7 Å². The van der Waals surface area contributed by atoms with Crippen molar-refractivity contribution >= 4 is 33.5 Å². The lowest BCUT2D eigenvalue weighted by atomic mass is 10.2. The van der Waals surface area contributed by atoms with Crippen LogP contribution in [0.2, 0.25) is 0 Å². The van der Waals surface area contributed by atoms with E-state index >= 15 is 0 Å². The minimum absolute atomic E-state index is 0.00779. The lowest BCUT2D eigenvalue weighted by Crippen LogP contribution is -2.12. The largest absolute Gasteiger partial charge is 0.508 e. The molecule has 3 rings (SSSR count). The van der Waals surface area contributed by atoms with Gasteiger partial charge in [-0.25, -0.2) is 4.68 Å².